The predicted octanol–water partition coefficient (Wildman–Crippen LogP) is 4.34. The highest BCUT2D eigenvalue weighted by Crippen LogP contribution is 2.27. The highest BCUT2D eigenvalue weighted by Gasteiger charge is 2.19. The summed E-state index contributed by atoms with van der Waals surface area (Å²) in [5.74, 6) is 0.121. The van der Waals surface area contributed by atoms with Crippen molar-refractivity contribution in [2.45, 2.75) is 40.0 Å². The molecule has 0 bridgehead atoms. The van der Waals surface area contributed by atoms with Gasteiger partial charge in [-0.2, -0.15) is 0 Å². The molecule has 1 N–H and O–H groups in total. The molecular formula is C16H25F2N. The average Bonchev–Trinajstić information content (AvgIpc) is 2.32. The second kappa shape index (κ2) is 7.59. The van der Waals surface area contributed by atoms with E-state index in [1.54, 1.807) is 0 Å². The molecule has 0 heterocycles. The van der Waals surface area contributed by atoms with E-state index < -0.39 is 11.6 Å². The Balaban J connectivity index is 2.83. The van der Waals surface area contributed by atoms with E-state index in [2.05, 4.69) is 33.0 Å². The van der Waals surface area contributed by atoms with E-state index in [4.69, 9.17) is 0 Å². The molecular weight excluding hydrogens is 244 g/mol. The maximum atomic E-state index is 13.3. The Kier molecular flexibility index (Phi) is 6.43. The second-order valence-electron chi connectivity index (χ2n) is 5.75. The molecule has 1 nitrogen and oxygen atoms in total. The van der Waals surface area contributed by atoms with Crippen LogP contribution in [0.5, 0.6) is 0 Å². The SMILES string of the molecule is CCC(C)C(CNCC(C)C)c1cc(F)cc(F)c1. The number of hydrogen-bond donors (Lipinski definition) is 1. The fourth-order valence-corrected chi connectivity index (χ4v) is 2.25. The van der Waals surface area contributed by atoms with E-state index in [1.165, 1.54) is 12.1 Å². The lowest BCUT2D eigenvalue weighted by Crippen LogP contribution is -2.28. The normalized spacial score (nSPS) is 14.7. The summed E-state index contributed by atoms with van der Waals surface area (Å²) < 4.78 is 26.7. The van der Waals surface area contributed by atoms with Crippen molar-refractivity contribution in [2.24, 2.45) is 11.8 Å². The summed E-state index contributed by atoms with van der Waals surface area (Å²) >= 11 is 0. The van der Waals surface area contributed by atoms with Crippen LogP contribution >= 0.6 is 0 Å². The molecule has 0 aliphatic carbocycles. The average molecular weight is 269 g/mol. The Bertz CT molecular complexity index is 370. The first-order chi connectivity index (χ1) is 8.93. The Morgan fingerprint density at radius 2 is 1.58 bits per heavy atom. The molecule has 1 aromatic carbocycles. The molecule has 0 fully saturated rings. The molecule has 0 aromatic heterocycles. The molecule has 1 aromatic rings. The van der Waals surface area contributed by atoms with Crippen molar-refractivity contribution in [1.29, 1.82) is 0 Å². The van der Waals surface area contributed by atoms with Crippen LogP contribution in [0.3, 0.4) is 0 Å². The lowest BCUT2D eigenvalue weighted by molar-refractivity contribution is 0.406. The minimum atomic E-state index is -0.493. The van der Waals surface area contributed by atoms with Gasteiger partial charge >= 0.3 is 0 Å². The third-order valence-electron chi connectivity index (χ3n) is 3.56. The van der Waals surface area contributed by atoms with Gasteiger partial charge in [0.05, 0.1) is 0 Å². The van der Waals surface area contributed by atoms with Crippen molar-refractivity contribution in [3.63, 3.8) is 0 Å². The molecule has 0 saturated carbocycles. The Morgan fingerprint density at radius 1 is 1.00 bits per heavy atom. The van der Waals surface area contributed by atoms with Gasteiger partial charge in [0.1, 0.15) is 11.6 Å². The van der Waals surface area contributed by atoms with Crippen molar-refractivity contribution in [1.82, 2.24) is 5.32 Å². The molecule has 0 aliphatic heterocycles. The van der Waals surface area contributed by atoms with Crippen LogP contribution in [-0.2, 0) is 0 Å². The zero-order valence-corrected chi connectivity index (χ0v) is 12.3. The van der Waals surface area contributed by atoms with Crippen LogP contribution in [-0.4, -0.2) is 13.1 Å². The van der Waals surface area contributed by atoms with Crippen LogP contribution in [0.2, 0.25) is 0 Å². The van der Waals surface area contributed by atoms with Crippen LogP contribution in [0.1, 0.15) is 45.6 Å². The van der Waals surface area contributed by atoms with E-state index in [0.29, 0.717) is 11.8 Å². The lowest BCUT2D eigenvalue weighted by Gasteiger charge is -2.24. The van der Waals surface area contributed by atoms with Crippen molar-refractivity contribution < 1.29 is 8.78 Å². The van der Waals surface area contributed by atoms with Gasteiger partial charge < -0.3 is 5.32 Å². The molecule has 108 valence electrons. The standard InChI is InChI=1S/C16H25F2N/c1-5-12(4)16(10-19-9-11(2)3)13-6-14(17)8-15(18)7-13/h6-8,11-12,16,19H,5,9-10H2,1-4H3. The molecule has 0 amide bonds. The predicted molar refractivity (Wildman–Crippen MR) is 76.3 cm³/mol. The lowest BCUT2D eigenvalue weighted by atomic mass is 9.85. The Labute approximate surface area is 115 Å². The van der Waals surface area contributed by atoms with Crippen LogP contribution in [0.4, 0.5) is 8.78 Å². The van der Waals surface area contributed by atoms with Gasteiger partial charge in [-0.1, -0.05) is 34.1 Å². The van der Waals surface area contributed by atoms with Gasteiger partial charge in [0.2, 0.25) is 0 Å². The van der Waals surface area contributed by atoms with Gasteiger partial charge in [0.25, 0.3) is 0 Å². The monoisotopic (exact) mass is 269 g/mol. The minimum absolute atomic E-state index is 0.147. The molecule has 0 spiro atoms. The number of benzene rings is 1. The smallest absolute Gasteiger partial charge is 0.126 e. The summed E-state index contributed by atoms with van der Waals surface area (Å²) in [7, 11) is 0. The Hall–Kier alpha value is -0.960. The third kappa shape index (κ3) is 5.27. The van der Waals surface area contributed by atoms with Crippen molar-refractivity contribution >= 4 is 0 Å². The quantitative estimate of drug-likeness (QED) is 0.776. The zero-order chi connectivity index (χ0) is 14.4. The van der Waals surface area contributed by atoms with E-state index in [1.807, 2.05) is 0 Å². The molecule has 19 heavy (non-hydrogen) atoms. The number of nitrogens with one attached hydrogen (secondary N) is 1. The van der Waals surface area contributed by atoms with Crippen molar-refractivity contribution in [3.8, 4) is 0 Å². The van der Waals surface area contributed by atoms with Gasteiger partial charge in [0, 0.05) is 12.6 Å². The summed E-state index contributed by atoms with van der Waals surface area (Å²) in [6.07, 6.45) is 0.992. The van der Waals surface area contributed by atoms with Gasteiger partial charge in [0.15, 0.2) is 0 Å². The maximum Gasteiger partial charge on any atom is 0.126 e. The first-order valence-corrected chi connectivity index (χ1v) is 7.10. The molecule has 2 atom stereocenters. The van der Waals surface area contributed by atoms with E-state index in [0.717, 1.165) is 31.1 Å². The highest BCUT2D eigenvalue weighted by molar-refractivity contribution is 5.23. The van der Waals surface area contributed by atoms with E-state index in [9.17, 15) is 8.78 Å². The molecule has 1 rings (SSSR count). The van der Waals surface area contributed by atoms with Gasteiger partial charge in [-0.3, -0.25) is 0 Å². The first-order valence-electron chi connectivity index (χ1n) is 7.10. The van der Waals surface area contributed by atoms with Crippen LogP contribution in [0, 0.1) is 23.5 Å². The third-order valence-corrected chi connectivity index (χ3v) is 3.56. The minimum Gasteiger partial charge on any atom is -0.316 e. The fraction of sp³-hybridized carbons (Fsp3) is 0.625. The topological polar surface area (TPSA) is 12.0 Å². The largest absolute Gasteiger partial charge is 0.316 e. The molecule has 2 unspecified atom stereocenters. The summed E-state index contributed by atoms with van der Waals surface area (Å²) in [6, 6.07) is 3.84. The zero-order valence-electron chi connectivity index (χ0n) is 12.3. The van der Waals surface area contributed by atoms with Crippen LogP contribution < -0.4 is 5.32 Å². The van der Waals surface area contributed by atoms with E-state index in [-0.39, 0.29) is 5.92 Å². The summed E-state index contributed by atoms with van der Waals surface area (Å²) in [5, 5.41) is 3.39. The molecule has 0 radical (unpaired) electrons. The number of hydrogen-bond acceptors (Lipinski definition) is 1. The molecule has 0 saturated heterocycles. The van der Waals surface area contributed by atoms with Crippen LogP contribution in [0.25, 0.3) is 0 Å². The summed E-state index contributed by atoms with van der Waals surface area (Å²) in [4.78, 5) is 0. The fourth-order valence-electron chi connectivity index (χ4n) is 2.25. The van der Waals surface area contributed by atoms with Crippen LogP contribution in [0.15, 0.2) is 18.2 Å². The van der Waals surface area contributed by atoms with Gasteiger partial charge in [-0.15, -0.1) is 0 Å². The number of halogens is 2. The molecule has 3 heteroatoms. The van der Waals surface area contributed by atoms with Crippen molar-refractivity contribution in [3.05, 3.63) is 35.4 Å². The summed E-state index contributed by atoms with van der Waals surface area (Å²) in [6.45, 7) is 10.2. The maximum absolute atomic E-state index is 13.3. The Morgan fingerprint density at radius 3 is 2.05 bits per heavy atom. The van der Waals surface area contributed by atoms with Crippen molar-refractivity contribution in [2.75, 3.05) is 13.1 Å². The van der Waals surface area contributed by atoms with E-state index >= 15 is 0 Å². The summed E-state index contributed by atoms with van der Waals surface area (Å²) in [5.41, 5.74) is 0.753. The second-order valence-corrected chi connectivity index (χ2v) is 5.75. The highest BCUT2D eigenvalue weighted by atomic mass is 19.1. The van der Waals surface area contributed by atoms with Gasteiger partial charge in [-0.05, 0) is 42.0 Å². The van der Waals surface area contributed by atoms with Gasteiger partial charge in [-0.25, -0.2) is 8.78 Å². The first kappa shape index (κ1) is 16.1. The molecule has 0 aliphatic rings. The number of rotatable bonds is 7.